The Balaban J connectivity index is 1.87. The fourth-order valence-electron chi connectivity index (χ4n) is 1.74. The van der Waals surface area contributed by atoms with E-state index in [1.54, 1.807) is 12.1 Å². The van der Waals surface area contributed by atoms with Gasteiger partial charge in [-0.1, -0.05) is 17.2 Å². The summed E-state index contributed by atoms with van der Waals surface area (Å²) < 4.78 is 0. The zero-order chi connectivity index (χ0) is 14.3. The Bertz CT molecular complexity index is 755. The number of imide groups is 1. The van der Waals surface area contributed by atoms with Crippen LogP contribution in [0.25, 0.3) is 0 Å². The Morgan fingerprint density at radius 1 is 1.10 bits per heavy atom. The van der Waals surface area contributed by atoms with Crippen LogP contribution in [0.1, 0.15) is 31.3 Å². The van der Waals surface area contributed by atoms with E-state index in [2.05, 4.69) is 14.9 Å². The van der Waals surface area contributed by atoms with Crippen LogP contribution in [0.15, 0.2) is 29.1 Å². The molecular weight excluding hydrogens is 268 g/mol. The lowest BCUT2D eigenvalue weighted by molar-refractivity contribution is -0.0592. The summed E-state index contributed by atoms with van der Waals surface area (Å²) in [5, 5.41) is 5.64. The number of rotatable bonds is 2. The van der Waals surface area contributed by atoms with Crippen LogP contribution in [0, 0.1) is 0 Å². The number of nitrogens with zero attached hydrogens (tertiary/aromatic N) is 2. The smallest absolute Gasteiger partial charge is 0.321 e. The van der Waals surface area contributed by atoms with Gasteiger partial charge in [0.2, 0.25) is 5.82 Å². The van der Waals surface area contributed by atoms with E-state index in [0.29, 0.717) is 5.06 Å². The molecule has 9 nitrogen and oxygen atoms in total. The molecule has 0 atom stereocenters. The largest absolute Gasteiger partial charge is 0.401 e. The van der Waals surface area contributed by atoms with Gasteiger partial charge in [0.15, 0.2) is 0 Å². The summed E-state index contributed by atoms with van der Waals surface area (Å²) in [7, 11) is 0. The van der Waals surface area contributed by atoms with Gasteiger partial charge in [0.05, 0.1) is 11.1 Å². The summed E-state index contributed by atoms with van der Waals surface area (Å²) in [4.78, 5) is 53.0. The predicted molar refractivity (Wildman–Crippen MR) is 61.6 cm³/mol. The van der Waals surface area contributed by atoms with E-state index in [1.165, 1.54) is 12.1 Å². The first-order valence-electron chi connectivity index (χ1n) is 5.42. The molecule has 2 amide bonds. The third-order valence-corrected chi connectivity index (χ3v) is 2.63. The van der Waals surface area contributed by atoms with Gasteiger partial charge in [0.1, 0.15) is 0 Å². The van der Waals surface area contributed by atoms with Crippen LogP contribution in [0.5, 0.6) is 0 Å². The monoisotopic (exact) mass is 274 g/mol. The lowest BCUT2D eigenvalue weighted by Gasteiger charge is -2.10. The molecule has 3 rings (SSSR count). The highest BCUT2D eigenvalue weighted by atomic mass is 16.7. The SMILES string of the molecule is O=C(ON1C(=O)c2ccccc2C1=O)c1n[nH]c(=O)[nH]1. The summed E-state index contributed by atoms with van der Waals surface area (Å²) in [6.07, 6.45) is 0. The summed E-state index contributed by atoms with van der Waals surface area (Å²) in [6, 6.07) is 6.06. The number of aromatic amines is 2. The second-order valence-electron chi connectivity index (χ2n) is 3.86. The number of H-pyrrole nitrogens is 2. The molecule has 0 fully saturated rings. The molecule has 0 unspecified atom stereocenters. The standard InChI is InChI=1S/C11H6N4O5/c16-8-5-3-1-2-4-6(5)9(17)15(8)20-10(18)7-12-11(19)14-13-7/h1-4H,(H2,12,13,14,19). The minimum absolute atomic E-state index is 0.140. The number of aromatic nitrogens is 3. The molecule has 1 aliphatic heterocycles. The molecule has 0 saturated heterocycles. The van der Waals surface area contributed by atoms with E-state index in [1.807, 2.05) is 5.10 Å². The molecule has 1 aromatic carbocycles. The molecule has 0 spiro atoms. The van der Waals surface area contributed by atoms with Gasteiger partial charge in [-0.3, -0.25) is 14.6 Å². The van der Waals surface area contributed by atoms with Crippen LogP contribution in [-0.4, -0.2) is 38.0 Å². The van der Waals surface area contributed by atoms with Crippen LogP contribution in [-0.2, 0) is 4.84 Å². The lowest BCUT2D eigenvalue weighted by atomic mass is 10.1. The molecule has 2 N–H and O–H groups in total. The Morgan fingerprint density at radius 3 is 2.20 bits per heavy atom. The molecule has 2 aromatic rings. The number of nitrogens with one attached hydrogen (secondary N) is 2. The minimum atomic E-state index is -1.13. The van der Waals surface area contributed by atoms with Crippen LogP contribution in [0.2, 0.25) is 0 Å². The molecule has 1 aliphatic rings. The number of fused-ring (bicyclic) bond motifs is 1. The van der Waals surface area contributed by atoms with Crippen molar-refractivity contribution in [2.75, 3.05) is 0 Å². The van der Waals surface area contributed by atoms with Crippen molar-refractivity contribution in [3.8, 4) is 0 Å². The third kappa shape index (κ3) is 1.68. The third-order valence-electron chi connectivity index (χ3n) is 2.63. The van der Waals surface area contributed by atoms with Crippen molar-refractivity contribution in [3.05, 3.63) is 51.7 Å². The van der Waals surface area contributed by atoms with Crippen molar-refractivity contribution < 1.29 is 19.2 Å². The maximum atomic E-state index is 11.9. The predicted octanol–water partition coefficient (Wildman–Crippen LogP) is -0.534. The topological polar surface area (TPSA) is 125 Å². The molecule has 0 bridgehead atoms. The lowest BCUT2D eigenvalue weighted by Crippen LogP contribution is -2.33. The van der Waals surface area contributed by atoms with Gasteiger partial charge in [0, 0.05) is 0 Å². The molecule has 1 aromatic heterocycles. The molecule has 0 aliphatic carbocycles. The highest BCUT2D eigenvalue weighted by molar-refractivity contribution is 6.21. The molecule has 0 saturated carbocycles. The Morgan fingerprint density at radius 2 is 1.70 bits per heavy atom. The molecule has 9 heteroatoms. The first kappa shape index (κ1) is 11.8. The zero-order valence-corrected chi connectivity index (χ0v) is 9.75. The maximum absolute atomic E-state index is 11.9. The zero-order valence-electron chi connectivity index (χ0n) is 9.75. The van der Waals surface area contributed by atoms with Crippen LogP contribution >= 0.6 is 0 Å². The van der Waals surface area contributed by atoms with E-state index in [9.17, 15) is 19.2 Å². The molecule has 2 heterocycles. The van der Waals surface area contributed by atoms with Crippen molar-refractivity contribution in [2.24, 2.45) is 0 Å². The average Bonchev–Trinajstić information content (AvgIpc) is 2.98. The van der Waals surface area contributed by atoms with Gasteiger partial charge in [-0.15, -0.1) is 5.10 Å². The summed E-state index contributed by atoms with van der Waals surface area (Å²) in [6.45, 7) is 0. The number of hydrogen-bond donors (Lipinski definition) is 2. The maximum Gasteiger partial charge on any atom is 0.401 e. The molecule has 100 valence electrons. The first-order chi connectivity index (χ1) is 9.58. The van der Waals surface area contributed by atoms with E-state index in [-0.39, 0.29) is 11.1 Å². The van der Waals surface area contributed by atoms with Crippen molar-refractivity contribution in [3.63, 3.8) is 0 Å². The van der Waals surface area contributed by atoms with Gasteiger partial charge in [-0.2, -0.15) is 0 Å². The van der Waals surface area contributed by atoms with Gasteiger partial charge in [0.25, 0.3) is 11.8 Å². The Labute approximate surface area is 110 Å². The number of hydroxylamine groups is 2. The van der Waals surface area contributed by atoms with Gasteiger partial charge >= 0.3 is 11.7 Å². The van der Waals surface area contributed by atoms with Gasteiger partial charge in [-0.25, -0.2) is 14.7 Å². The fourth-order valence-corrected chi connectivity index (χ4v) is 1.74. The Kier molecular flexibility index (Phi) is 2.46. The normalized spacial score (nSPS) is 13.5. The number of hydrogen-bond acceptors (Lipinski definition) is 6. The molecule has 20 heavy (non-hydrogen) atoms. The van der Waals surface area contributed by atoms with Crippen molar-refractivity contribution in [2.45, 2.75) is 0 Å². The molecular formula is C11H6N4O5. The molecule has 0 radical (unpaired) electrons. The second kappa shape index (κ2) is 4.16. The highest BCUT2D eigenvalue weighted by Gasteiger charge is 2.39. The highest BCUT2D eigenvalue weighted by Crippen LogP contribution is 2.22. The first-order valence-corrected chi connectivity index (χ1v) is 5.42. The van der Waals surface area contributed by atoms with Gasteiger partial charge < -0.3 is 4.84 Å². The van der Waals surface area contributed by atoms with E-state index < -0.39 is 29.3 Å². The van der Waals surface area contributed by atoms with Crippen molar-refractivity contribution in [1.29, 1.82) is 0 Å². The number of carbonyl (C=O) groups excluding carboxylic acids is 3. The summed E-state index contributed by atoms with van der Waals surface area (Å²) in [5.74, 6) is -3.07. The van der Waals surface area contributed by atoms with Crippen LogP contribution in [0.4, 0.5) is 0 Å². The second-order valence-corrected chi connectivity index (χ2v) is 3.86. The number of amides is 2. The minimum Gasteiger partial charge on any atom is -0.321 e. The van der Waals surface area contributed by atoms with Crippen LogP contribution < -0.4 is 5.69 Å². The van der Waals surface area contributed by atoms with Crippen molar-refractivity contribution in [1.82, 2.24) is 20.2 Å². The summed E-state index contributed by atoms with van der Waals surface area (Å²) >= 11 is 0. The van der Waals surface area contributed by atoms with E-state index >= 15 is 0 Å². The van der Waals surface area contributed by atoms with Crippen LogP contribution in [0.3, 0.4) is 0 Å². The fraction of sp³-hybridized carbons (Fsp3) is 0. The Hall–Kier alpha value is -3.23. The average molecular weight is 274 g/mol. The quantitative estimate of drug-likeness (QED) is 0.709. The van der Waals surface area contributed by atoms with Gasteiger partial charge in [-0.05, 0) is 12.1 Å². The van der Waals surface area contributed by atoms with E-state index in [0.717, 1.165) is 0 Å². The number of carbonyl (C=O) groups is 3. The number of benzene rings is 1. The van der Waals surface area contributed by atoms with Crippen molar-refractivity contribution >= 4 is 17.8 Å². The van der Waals surface area contributed by atoms with E-state index in [4.69, 9.17) is 0 Å². The summed E-state index contributed by atoms with van der Waals surface area (Å²) in [5.41, 5.74) is -0.430.